The van der Waals surface area contributed by atoms with Gasteiger partial charge in [-0.1, -0.05) is 18.2 Å². The quantitative estimate of drug-likeness (QED) is 0.241. The average molecular weight is 580 g/mol. The van der Waals surface area contributed by atoms with Crippen molar-refractivity contribution in [2.24, 2.45) is 0 Å². The van der Waals surface area contributed by atoms with E-state index in [1.165, 1.54) is 24.3 Å². The van der Waals surface area contributed by atoms with E-state index in [0.29, 0.717) is 0 Å². The van der Waals surface area contributed by atoms with Gasteiger partial charge in [0.1, 0.15) is 20.3 Å². The van der Waals surface area contributed by atoms with E-state index in [4.69, 9.17) is 9.47 Å². The summed E-state index contributed by atoms with van der Waals surface area (Å²) in [6.45, 7) is 0. The number of benzene rings is 3. The van der Waals surface area contributed by atoms with E-state index in [1.807, 2.05) is 0 Å². The first-order valence-corrected chi connectivity index (χ1v) is 10.6. The molecule has 1 atom stereocenters. The van der Waals surface area contributed by atoms with Crippen LogP contribution in [0.25, 0.3) is 0 Å². The lowest BCUT2D eigenvalue weighted by molar-refractivity contribution is -0.424. The highest BCUT2D eigenvalue weighted by molar-refractivity contribution is 9.11. The molecule has 5 rings (SSSR count). The van der Waals surface area contributed by atoms with Gasteiger partial charge >= 0.3 is 17.3 Å². The minimum Gasteiger partial charge on any atom is -0.507 e. The van der Waals surface area contributed by atoms with Gasteiger partial charge in [0.25, 0.3) is 0 Å². The summed E-state index contributed by atoms with van der Waals surface area (Å²) in [5, 5.41) is 44.6. The summed E-state index contributed by atoms with van der Waals surface area (Å²) in [5.74, 6) is -2.56. The van der Waals surface area contributed by atoms with E-state index in [-0.39, 0.29) is 42.9 Å². The number of aromatic hydroxyl groups is 2. The van der Waals surface area contributed by atoms with Crippen LogP contribution in [0, 0.1) is 20.2 Å². The fourth-order valence-electron chi connectivity index (χ4n) is 4.19. The van der Waals surface area contributed by atoms with Crippen molar-refractivity contribution in [1.29, 1.82) is 0 Å². The standard InChI is InChI=1S/C20H8Br2N2O9/c21-12-10(25)6-5-9-17(12)32-18-11(14(23(28)29)15(24(30)31)16(26)13(18)22)20(9)8-4-2-1-3-7(8)19(27)33-20/h1-6,25-26H. The van der Waals surface area contributed by atoms with Crippen molar-refractivity contribution in [3.8, 4) is 23.0 Å². The van der Waals surface area contributed by atoms with Crippen molar-refractivity contribution < 1.29 is 34.3 Å². The highest BCUT2D eigenvalue weighted by Crippen LogP contribution is 2.65. The molecule has 0 aliphatic carbocycles. The minimum atomic E-state index is -2.05. The smallest absolute Gasteiger partial charge is 0.389 e. The fraction of sp³-hybridized carbons (Fsp3) is 0.0500. The molecule has 11 nitrogen and oxygen atoms in total. The largest absolute Gasteiger partial charge is 0.507 e. The average Bonchev–Trinajstić information content (AvgIpc) is 3.06. The summed E-state index contributed by atoms with van der Waals surface area (Å²) in [4.78, 5) is 34.7. The third-order valence-corrected chi connectivity index (χ3v) is 6.97. The number of hydrogen-bond donors (Lipinski definition) is 2. The number of rotatable bonds is 2. The van der Waals surface area contributed by atoms with Crippen molar-refractivity contribution in [3.63, 3.8) is 0 Å². The summed E-state index contributed by atoms with van der Waals surface area (Å²) >= 11 is 6.22. The Kier molecular flexibility index (Phi) is 4.42. The van der Waals surface area contributed by atoms with Crippen LogP contribution in [0.2, 0.25) is 0 Å². The molecule has 2 heterocycles. The van der Waals surface area contributed by atoms with Crippen molar-refractivity contribution in [2.75, 3.05) is 0 Å². The first kappa shape index (κ1) is 21.2. The van der Waals surface area contributed by atoms with Gasteiger partial charge in [-0.3, -0.25) is 20.2 Å². The SMILES string of the molecule is O=C1OC2(c3ccccc31)c1ccc(O)c(Br)c1Oc1c(Br)c(O)c([N+](=O)[O-])c([N+](=O)[O-])c12. The molecule has 0 amide bonds. The zero-order valence-electron chi connectivity index (χ0n) is 15.9. The van der Waals surface area contributed by atoms with Crippen molar-refractivity contribution in [3.05, 3.63) is 87.8 Å². The van der Waals surface area contributed by atoms with Gasteiger partial charge in [-0.05, 0) is 50.1 Å². The van der Waals surface area contributed by atoms with Gasteiger partial charge in [0.15, 0.2) is 11.5 Å². The Balaban J connectivity index is 2.06. The fourth-order valence-corrected chi connectivity index (χ4v) is 5.09. The molecule has 33 heavy (non-hydrogen) atoms. The van der Waals surface area contributed by atoms with Gasteiger partial charge in [-0.2, -0.15) is 0 Å². The number of phenols is 2. The van der Waals surface area contributed by atoms with E-state index in [1.54, 1.807) is 12.1 Å². The third-order valence-electron chi connectivity index (χ3n) is 5.47. The Morgan fingerprint density at radius 1 is 0.879 bits per heavy atom. The van der Waals surface area contributed by atoms with Crippen LogP contribution >= 0.6 is 31.9 Å². The van der Waals surface area contributed by atoms with E-state index >= 15 is 0 Å². The van der Waals surface area contributed by atoms with Crippen molar-refractivity contribution in [1.82, 2.24) is 0 Å². The zero-order chi connectivity index (χ0) is 23.8. The molecule has 2 N–H and O–H groups in total. The molecule has 166 valence electrons. The molecule has 3 aromatic carbocycles. The van der Waals surface area contributed by atoms with Gasteiger partial charge in [-0.15, -0.1) is 0 Å². The van der Waals surface area contributed by atoms with E-state index in [9.17, 15) is 35.2 Å². The monoisotopic (exact) mass is 578 g/mol. The maximum Gasteiger partial charge on any atom is 0.389 e. The third kappa shape index (κ3) is 2.57. The van der Waals surface area contributed by atoms with E-state index in [2.05, 4.69) is 31.9 Å². The summed E-state index contributed by atoms with van der Waals surface area (Å²) in [7, 11) is 0. The zero-order valence-corrected chi connectivity index (χ0v) is 19.0. The molecular weight excluding hydrogens is 572 g/mol. The first-order valence-electron chi connectivity index (χ1n) is 9.01. The number of hydrogen-bond acceptors (Lipinski definition) is 9. The second kappa shape index (κ2) is 6.89. The predicted octanol–water partition coefficient (Wildman–Crippen LogP) is 5.01. The Morgan fingerprint density at radius 2 is 1.55 bits per heavy atom. The number of carbonyl (C=O) groups is 1. The van der Waals surface area contributed by atoms with Crippen molar-refractivity contribution in [2.45, 2.75) is 5.60 Å². The number of nitro benzene ring substituents is 2. The van der Waals surface area contributed by atoms with Gasteiger partial charge in [0, 0.05) is 11.1 Å². The van der Waals surface area contributed by atoms with Crippen LogP contribution in [0.5, 0.6) is 23.0 Å². The normalized spacial score (nSPS) is 17.6. The summed E-state index contributed by atoms with van der Waals surface area (Å²) in [6.07, 6.45) is 0. The molecule has 0 bridgehead atoms. The lowest BCUT2D eigenvalue weighted by Crippen LogP contribution is -2.34. The van der Waals surface area contributed by atoms with Crippen LogP contribution in [0.1, 0.15) is 27.0 Å². The Morgan fingerprint density at radius 3 is 2.21 bits per heavy atom. The number of carbonyl (C=O) groups excluding carboxylic acids is 1. The lowest BCUT2D eigenvalue weighted by Gasteiger charge is -2.36. The molecule has 2 aliphatic rings. The van der Waals surface area contributed by atoms with Crippen LogP contribution in [0.4, 0.5) is 11.4 Å². The molecule has 2 aliphatic heterocycles. The number of ether oxygens (including phenoxy) is 2. The summed E-state index contributed by atoms with van der Waals surface area (Å²) in [5.41, 5.74) is -4.46. The van der Waals surface area contributed by atoms with E-state index < -0.39 is 44.1 Å². The van der Waals surface area contributed by atoms with Crippen LogP contribution in [0.15, 0.2) is 45.3 Å². The van der Waals surface area contributed by atoms with Crippen LogP contribution < -0.4 is 4.74 Å². The number of halogens is 2. The summed E-state index contributed by atoms with van der Waals surface area (Å²) in [6, 6.07) is 8.68. The van der Waals surface area contributed by atoms with Gasteiger partial charge in [-0.25, -0.2) is 4.79 Å². The second-order valence-electron chi connectivity index (χ2n) is 7.07. The van der Waals surface area contributed by atoms with Gasteiger partial charge in [0.2, 0.25) is 11.4 Å². The molecule has 0 saturated carbocycles. The van der Waals surface area contributed by atoms with Crippen LogP contribution in [0.3, 0.4) is 0 Å². The molecule has 3 aromatic rings. The molecule has 0 aromatic heterocycles. The molecule has 0 radical (unpaired) electrons. The molecule has 1 unspecified atom stereocenters. The molecule has 1 spiro atoms. The molecule has 0 saturated heterocycles. The maximum absolute atomic E-state index is 12.9. The van der Waals surface area contributed by atoms with Crippen molar-refractivity contribution >= 4 is 49.2 Å². The number of nitrogens with zero attached hydrogens (tertiary/aromatic N) is 2. The number of phenolic OH excluding ortho intramolecular Hbond substituents is 2. The topological polar surface area (TPSA) is 162 Å². The predicted molar refractivity (Wildman–Crippen MR) is 117 cm³/mol. The maximum atomic E-state index is 12.9. The molecule has 13 heteroatoms. The highest BCUT2D eigenvalue weighted by atomic mass is 79.9. The Hall–Kier alpha value is -3.71. The first-order chi connectivity index (χ1) is 15.6. The van der Waals surface area contributed by atoms with Gasteiger partial charge < -0.3 is 19.7 Å². The lowest BCUT2D eigenvalue weighted by atomic mass is 9.76. The second-order valence-corrected chi connectivity index (χ2v) is 8.66. The number of nitro groups is 2. The summed E-state index contributed by atoms with van der Waals surface area (Å²) < 4.78 is 11.3. The van der Waals surface area contributed by atoms with Crippen LogP contribution in [-0.2, 0) is 10.3 Å². The van der Waals surface area contributed by atoms with E-state index in [0.717, 1.165) is 0 Å². The highest BCUT2D eigenvalue weighted by Gasteiger charge is 2.60. The number of esters is 1. The number of fused-ring (bicyclic) bond motifs is 6. The molecular formula is C20H8Br2N2O9. The van der Waals surface area contributed by atoms with Crippen LogP contribution in [-0.4, -0.2) is 26.0 Å². The minimum absolute atomic E-state index is 0.0397. The Bertz CT molecular complexity index is 1460. The Labute approximate surface area is 199 Å². The van der Waals surface area contributed by atoms with Gasteiger partial charge in [0.05, 0.1) is 15.4 Å². The molecule has 0 fully saturated rings.